The van der Waals surface area contributed by atoms with Crippen molar-refractivity contribution < 1.29 is 4.79 Å². The summed E-state index contributed by atoms with van der Waals surface area (Å²) in [5.41, 5.74) is 0.750. The maximum Gasteiger partial charge on any atom is 0.217 e. The molecule has 3 fully saturated rings. The molecule has 2 bridgehead atoms. The number of amides is 1. The number of hydrogen-bond donors (Lipinski definition) is 2. The van der Waals surface area contributed by atoms with Crippen LogP contribution in [0.25, 0.3) is 0 Å². The Labute approximate surface area is 72.9 Å². The Hall–Kier alpha value is -0.570. The molecule has 68 valence electrons. The second-order valence-corrected chi connectivity index (χ2v) is 4.52. The van der Waals surface area contributed by atoms with Crippen LogP contribution >= 0.6 is 0 Å². The van der Waals surface area contributed by atoms with Gasteiger partial charge >= 0.3 is 0 Å². The first-order valence-electron chi connectivity index (χ1n) is 4.53. The highest BCUT2D eigenvalue weighted by atomic mass is 16.1. The lowest BCUT2D eigenvalue weighted by molar-refractivity contribution is -0.161. The van der Waals surface area contributed by atoms with Gasteiger partial charge in [-0.25, -0.2) is 0 Å². The minimum Gasteiger partial charge on any atom is -0.351 e. The quantitative estimate of drug-likeness (QED) is 0.635. The molecule has 2 N–H and O–H groups in total. The Bertz CT molecular complexity index is 205. The molecule has 0 heterocycles. The third-order valence-corrected chi connectivity index (χ3v) is 3.13. The molecule has 0 aromatic heterocycles. The van der Waals surface area contributed by atoms with E-state index >= 15 is 0 Å². The van der Waals surface area contributed by atoms with Gasteiger partial charge in [-0.05, 0) is 31.7 Å². The van der Waals surface area contributed by atoms with Crippen LogP contribution < -0.4 is 10.6 Å². The van der Waals surface area contributed by atoms with Crippen molar-refractivity contribution >= 4 is 5.91 Å². The summed E-state index contributed by atoms with van der Waals surface area (Å²) in [6.45, 7) is 2.71. The molecule has 0 aromatic carbocycles. The minimum atomic E-state index is 0.118. The Balaban J connectivity index is 1.83. The van der Waals surface area contributed by atoms with Crippen molar-refractivity contribution in [2.45, 2.75) is 31.7 Å². The normalized spacial score (nSPS) is 42.8. The molecular formula is C9H16N2O. The third-order valence-electron chi connectivity index (χ3n) is 3.13. The lowest BCUT2D eigenvalue weighted by Gasteiger charge is -2.70. The Morgan fingerprint density at radius 2 is 2.00 bits per heavy atom. The van der Waals surface area contributed by atoms with Gasteiger partial charge < -0.3 is 10.6 Å². The second kappa shape index (κ2) is 2.22. The number of nitrogens with one attached hydrogen (secondary N) is 2. The zero-order chi connectivity index (χ0) is 8.82. The average Bonchev–Trinajstić information content (AvgIpc) is 1.79. The molecule has 12 heavy (non-hydrogen) atoms. The SMILES string of the molecule is CNCC12CC(NC(C)=O)(C1)C2. The van der Waals surface area contributed by atoms with Gasteiger partial charge in [0.25, 0.3) is 0 Å². The molecule has 0 atom stereocenters. The van der Waals surface area contributed by atoms with Gasteiger partial charge in [0, 0.05) is 19.0 Å². The van der Waals surface area contributed by atoms with Gasteiger partial charge in [0.05, 0.1) is 0 Å². The van der Waals surface area contributed by atoms with E-state index in [0.717, 1.165) is 6.54 Å². The van der Waals surface area contributed by atoms with Crippen molar-refractivity contribution in [2.24, 2.45) is 5.41 Å². The zero-order valence-corrected chi connectivity index (χ0v) is 7.74. The summed E-state index contributed by atoms with van der Waals surface area (Å²) in [6.07, 6.45) is 3.54. The lowest BCUT2D eigenvalue weighted by atomic mass is 9.39. The monoisotopic (exact) mass is 168 g/mol. The fourth-order valence-electron chi connectivity index (χ4n) is 3.07. The van der Waals surface area contributed by atoms with Crippen molar-refractivity contribution in [3.63, 3.8) is 0 Å². The van der Waals surface area contributed by atoms with Crippen molar-refractivity contribution in [3.05, 3.63) is 0 Å². The number of rotatable bonds is 3. The highest BCUT2D eigenvalue weighted by Gasteiger charge is 2.67. The third kappa shape index (κ3) is 0.959. The summed E-state index contributed by atoms with van der Waals surface area (Å²) in [4.78, 5) is 10.8. The molecule has 3 heteroatoms. The van der Waals surface area contributed by atoms with E-state index < -0.39 is 0 Å². The first-order chi connectivity index (χ1) is 5.60. The molecule has 0 aromatic rings. The van der Waals surface area contributed by atoms with Crippen LogP contribution in [-0.2, 0) is 4.79 Å². The second-order valence-electron chi connectivity index (χ2n) is 4.52. The average molecular weight is 168 g/mol. The summed E-state index contributed by atoms with van der Waals surface area (Å²) in [5, 5.41) is 6.24. The maximum atomic E-state index is 10.8. The minimum absolute atomic E-state index is 0.118. The van der Waals surface area contributed by atoms with Gasteiger partial charge in [0.15, 0.2) is 0 Å². The summed E-state index contributed by atoms with van der Waals surface area (Å²) in [6, 6.07) is 0. The molecule has 3 nitrogen and oxygen atoms in total. The summed E-state index contributed by atoms with van der Waals surface area (Å²) in [5.74, 6) is 0.118. The standard InChI is InChI=1S/C9H16N2O/c1-7(12)11-9-3-8(4-9,5-9)6-10-2/h10H,3-6H2,1-2H3,(H,11,12). The fourth-order valence-corrected chi connectivity index (χ4v) is 3.07. The van der Waals surface area contributed by atoms with Crippen molar-refractivity contribution in [2.75, 3.05) is 13.6 Å². The predicted octanol–water partition coefficient (Wildman–Crippen LogP) is 0.265. The van der Waals surface area contributed by atoms with E-state index in [-0.39, 0.29) is 11.4 Å². The van der Waals surface area contributed by atoms with Crippen LogP contribution in [0.3, 0.4) is 0 Å². The number of carbonyl (C=O) groups is 1. The first kappa shape index (κ1) is 8.05. The summed E-state index contributed by atoms with van der Waals surface area (Å²) < 4.78 is 0. The molecule has 3 aliphatic rings. The van der Waals surface area contributed by atoms with E-state index in [4.69, 9.17) is 0 Å². The highest BCUT2D eigenvalue weighted by Crippen LogP contribution is 2.66. The number of hydrogen-bond acceptors (Lipinski definition) is 2. The molecule has 1 amide bonds. The molecular weight excluding hydrogens is 152 g/mol. The van der Waals surface area contributed by atoms with Gasteiger partial charge in [-0.1, -0.05) is 0 Å². The zero-order valence-electron chi connectivity index (χ0n) is 7.74. The van der Waals surface area contributed by atoms with Gasteiger partial charge in [-0.2, -0.15) is 0 Å². The molecule has 0 radical (unpaired) electrons. The fraction of sp³-hybridized carbons (Fsp3) is 0.889. The van der Waals surface area contributed by atoms with Gasteiger partial charge in [0.2, 0.25) is 5.91 Å². The largest absolute Gasteiger partial charge is 0.351 e. The van der Waals surface area contributed by atoms with Crippen LogP contribution in [0.1, 0.15) is 26.2 Å². The van der Waals surface area contributed by atoms with Crippen molar-refractivity contribution in [1.29, 1.82) is 0 Å². The van der Waals surface area contributed by atoms with Crippen LogP contribution in [0.15, 0.2) is 0 Å². The van der Waals surface area contributed by atoms with E-state index in [0.29, 0.717) is 5.41 Å². The van der Waals surface area contributed by atoms with Gasteiger partial charge in [-0.3, -0.25) is 4.79 Å². The molecule has 0 spiro atoms. The molecule has 0 unspecified atom stereocenters. The molecule has 3 rings (SSSR count). The summed E-state index contributed by atoms with van der Waals surface area (Å²) in [7, 11) is 1.99. The van der Waals surface area contributed by atoms with Crippen LogP contribution in [0, 0.1) is 5.41 Å². The Morgan fingerprint density at radius 1 is 1.42 bits per heavy atom. The molecule has 3 aliphatic carbocycles. The van der Waals surface area contributed by atoms with Crippen LogP contribution in [0.5, 0.6) is 0 Å². The first-order valence-corrected chi connectivity index (χ1v) is 4.53. The molecule has 0 saturated heterocycles. The van der Waals surface area contributed by atoms with E-state index in [2.05, 4.69) is 10.6 Å². The van der Waals surface area contributed by atoms with E-state index in [1.807, 2.05) is 7.05 Å². The van der Waals surface area contributed by atoms with Crippen LogP contribution in [0.2, 0.25) is 0 Å². The molecule has 3 saturated carbocycles. The van der Waals surface area contributed by atoms with Crippen molar-refractivity contribution in [3.8, 4) is 0 Å². The van der Waals surface area contributed by atoms with Gasteiger partial charge in [0.1, 0.15) is 0 Å². The molecule has 0 aliphatic heterocycles. The Morgan fingerprint density at radius 3 is 2.42 bits per heavy atom. The predicted molar refractivity (Wildman–Crippen MR) is 46.8 cm³/mol. The van der Waals surface area contributed by atoms with E-state index in [1.54, 1.807) is 6.92 Å². The number of carbonyl (C=O) groups excluding carboxylic acids is 1. The van der Waals surface area contributed by atoms with Gasteiger partial charge in [-0.15, -0.1) is 0 Å². The van der Waals surface area contributed by atoms with E-state index in [9.17, 15) is 4.79 Å². The smallest absolute Gasteiger partial charge is 0.217 e. The maximum absolute atomic E-state index is 10.8. The summed E-state index contributed by atoms with van der Waals surface area (Å²) >= 11 is 0. The van der Waals surface area contributed by atoms with Crippen LogP contribution in [-0.4, -0.2) is 25.0 Å². The highest BCUT2D eigenvalue weighted by molar-refractivity contribution is 5.74. The topological polar surface area (TPSA) is 41.1 Å². The van der Waals surface area contributed by atoms with Crippen LogP contribution in [0.4, 0.5) is 0 Å². The van der Waals surface area contributed by atoms with Crippen molar-refractivity contribution in [1.82, 2.24) is 10.6 Å². The van der Waals surface area contributed by atoms with E-state index in [1.165, 1.54) is 19.3 Å². The Kier molecular flexibility index (Phi) is 1.49. The lowest BCUT2D eigenvalue weighted by Crippen LogP contribution is -2.76.